The minimum absolute atomic E-state index is 0.515. The molecule has 0 aliphatic rings. The van der Waals surface area contributed by atoms with Gasteiger partial charge in [-0.15, -0.1) is 11.8 Å². The van der Waals surface area contributed by atoms with Gasteiger partial charge in [-0.1, -0.05) is 27.5 Å². The Morgan fingerprint density at radius 3 is 2.93 bits per heavy atom. The van der Waals surface area contributed by atoms with Crippen LogP contribution in [0.5, 0.6) is 0 Å². The molecule has 1 unspecified atom stereocenters. The Kier molecular flexibility index (Phi) is 5.17. The Morgan fingerprint density at radius 1 is 1.53 bits per heavy atom. The molecule has 0 bridgehead atoms. The van der Waals surface area contributed by atoms with Crippen LogP contribution in [0.15, 0.2) is 22.7 Å². The molecule has 0 saturated carbocycles. The van der Waals surface area contributed by atoms with Gasteiger partial charge in [0.05, 0.1) is 6.10 Å². The molecule has 3 heteroatoms. The lowest BCUT2D eigenvalue weighted by Gasteiger charge is -2.11. The van der Waals surface area contributed by atoms with Crippen LogP contribution in [0.25, 0.3) is 0 Å². The van der Waals surface area contributed by atoms with Crippen molar-refractivity contribution >= 4 is 27.5 Å². The fraction of sp³-hybridized carbons (Fsp3) is 0.333. The Balaban J connectivity index is 2.74. The molecule has 1 aromatic rings. The maximum Gasteiger partial charge on any atom is 0.0810 e. The number of hydrogen-bond acceptors (Lipinski definition) is 1. The first-order chi connectivity index (χ1) is 7.15. The third-order valence-corrected chi connectivity index (χ3v) is 2.99. The summed E-state index contributed by atoms with van der Waals surface area (Å²) in [6, 6.07) is 5.40. The SMILES string of the molecule is CC#CCCC(O)c1cc(Cl)ccc1Br. The van der Waals surface area contributed by atoms with Crippen molar-refractivity contribution in [3.63, 3.8) is 0 Å². The molecular formula is C12H12BrClO. The Hall–Kier alpha value is -0.490. The van der Waals surface area contributed by atoms with Crippen LogP contribution in [0, 0.1) is 11.8 Å². The van der Waals surface area contributed by atoms with Gasteiger partial charge in [0.1, 0.15) is 0 Å². The van der Waals surface area contributed by atoms with Gasteiger partial charge in [0.25, 0.3) is 0 Å². The van der Waals surface area contributed by atoms with Crippen molar-refractivity contribution in [2.45, 2.75) is 25.9 Å². The van der Waals surface area contributed by atoms with E-state index in [4.69, 9.17) is 11.6 Å². The molecule has 0 radical (unpaired) electrons. The molecule has 1 nitrogen and oxygen atoms in total. The number of aliphatic hydroxyl groups excluding tert-OH is 1. The van der Waals surface area contributed by atoms with Gasteiger partial charge in [-0.25, -0.2) is 0 Å². The molecule has 1 rings (SSSR count). The van der Waals surface area contributed by atoms with Crippen molar-refractivity contribution in [1.82, 2.24) is 0 Å². The minimum Gasteiger partial charge on any atom is -0.388 e. The van der Waals surface area contributed by atoms with E-state index in [0.29, 0.717) is 17.9 Å². The van der Waals surface area contributed by atoms with Gasteiger partial charge < -0.3 is 5.11 Å². The van der Waals surface area contributed by atoms with Crippen molar-refractivity contribution in [1.29, 1.82) is 0 Å². The van der Waals surface area contributed by atoms with Crippen LogP contribution in [0.1, 0.15) is 31.4 Å². The van der Waals surface area contributed by atoms with Gasteiger partial charge in [-0.05, 0) is 37.1 Å². The predicted molar refractivity (Wildman–Crippen MR) is 66.8 cm³/mol. The fourth-order valence-corrected chi connectivity index (χ4v) is 1.95. The molecule has 0 amide bonds. The van der Waals surface area contributed by atoms with Gasteiger partial charge >= 0.3 is 0 Å². The van der Waals surface area contributed by atoms with E-state index in [2.05, 4.69) is 27.8 Å². The van der Waals surface area contributed by atoms with E-state index in [1.165, 1.54) is 0 Å². The quantitative estimate of drug-likeness (QED) is 0.835. The third kappa shape index (κ3) is 3.87. The van der Waals surface area contributed by atoms with Crippen LogP contribution >= 0.6 is 27.5 Å². The summed E-state index contributed by atoms with van der Waals surface area (Å²) >= 11 is 9.25. The van der Waals surface area contributed by atoms with Gasteiger partial charge in [-0.2, -0.15) is 0 Å². The molecular weight excluding hydrogens is 275 g/mol. The first kappa shape index (κ1) is 12.6. The molecule has 1 aromatic carbocycles. The predicted octanol–water partition coefficient (Wildman–Crippen LogP) is 3.94. The van der Waals surface area contributed by atoms with Gasteiger partial charge in [-0.3, -0.25) is 0 Å². The number of halogens is 2. The Morgan fingerprint density at radius 2 is 2.27 bits per heavy atom. The molecule has 0 aromatic heterocycles. The summed E-state index contributed by atoms with van der Waals surface area (Å²) in [6.45, 7) is 1.79. The lowest BCUT2D eigenvalue weighted by Crippen LogP contribution is -1.98. The number of aliphatic hydroxyl groups is 1. The first-order valence-corrected chi connectivity index (χ1v) is 5.85. The highest BCUT2D eigenvalue weighted by Crippen LogP contribution is 2.28. The smallest absolute Gasteiger partial charge is 0.0810 e. The van der Waals surface area contributed by atoms with Crippen molar-refractivity contribution in [3.8, 4) is 11.8 Å². The third-order valence-electron chi connectivity index (χ3n) is 2.04. The normalized spacial score (nSPS) is 11.7. The van der Waals surface area contributed by atoms with Crippen LogP contribution in [0.2, 0.25) is 5.02 Å². The largest absolute Gasteiger partial charge is 0.388 e. The molecule has 1 N–H and O–H groups in total. The zero-order valence-corrected chi connectivity index (χ0v) is 10.8. The molecule has 0 aliphatic carbocycles. The lowest BCUT2D eigenvalue weighted by molar-refractivity contribution is 0.168. The van der Waals surface area contributed by atoms with E-state index in [-0.39, 0.29) is 0 Å². The number of benzene rings is 1. The zero-order chi connectivity index (χ0) is 11.3. The number of rotatable bonds is 3. The van der Waals surface area contributed by atoms with Crippen molar-refractivity contribution < 1.29 is 5.11 Å². The monoisotopic (exact) mass is 286 g/mol. The number of hydrogen-bond donors (Lipinski definition) is 1. The highest BCUT2D eigenvalue weighted by molar-refractivity contribution is 9.10. The van der Waals surface area contributed by atoms with Crippen LogP contribution < -0.4 is 0 Å². The summed E-state index contributed by atoms with van der Waals surface area (Å²) in [7, 11) is 0. The molecule has 0 heterocycles. The van der Waals surface area contributed by atoms with Crippen molar-refractivity contribution in [2.24, 2.45) is 0 Å². The Bertz CT molecular complexity index is 392. The topological polar surface area (TPSA) is 20.2 Å². The summed E-state index contributed by atoms with van der Waals surface area (Å²) in [6.07, 6.45) is 0.801. The van der Waals surface area contributed by atoms with E-state index in [1.807, 2.05) is 6.07 Å². The van der Waals surface area contributed by atoms with E-state index in [9.17, 15) is 5.11 Å². The van der Waals surface area contributed by atoms with Crippen LogP contribution in [0.3, 0.4) is 0 Å². The molecule has 80 valence electrons. The molecule has 0 aliphatic heterocycles. The van der Waals surface area contributed by atoms with Gasteiger partial charge in [0.15, 0.2) is 0 Å². The summed E-state index contributed by atoms with van der Waals surface area (Å²) in [4.78, 5) is 0. The van der Waals surface area contributed by atoms with E-state index in [0.717, 1.165) is 10.0 Å². The molecule has 0 spiro atoms. The molecule has 15 heavy (non-hydrogen) atoms. The summed E-state index contributed by atoms with van der Waals surface area (Å²) < 4.78 is 0.879. The zero-order valence-electron chi connectivity index (χ0n) is 8.43. The van der Waals surface area contributed by atoms with E-state index < -0.39 is 6.10 Å². The second kappa shape index (κ2) is 6.17. The summed E-state index contributed by atoms with van der Waals surface area (Å²) in [5.41, 5.74) is 0.820. The van der Waals surface area contributed by atoms with Crippen molar-refractivity contribution in [3.05, 3.63) is 33.3 Å². The molecule has 0 fully saturated rings. The van der Waals surface area contributed by atoms with Crippen LogP contribution in [-0.2, 0) is 0 Å². The fourth-order valence-electron chi connectivity index (χ4n) is 1.26. The summed E-state index contributed by atoms with van der Waals surface area (Å²) in [5, 5.41) is 10.5. The minimum atomic E-state index is -0.515. The standard InChI is InChI=1S/C12H12BrClO/c1-2-3-4-5-12(15)10-8-9(14)6-7-11(10)13/h6-8,12,15H,4-5H2,1H3. The highest BCUT2D eigenvalue weighted by atomic mass is 79.9. The van der Waals surface area contributed by atoms with E-state index in [1.54, 1.807) is 19.1 Å². The second-order valence-corrected chi connectivity index (χ2v) is 4.44. The Labute approximate surface area is 104 Å². The lowest BCUT2D eigenvalue weighted by atomic mass is 10.1. The maximum absolute atomic E-state index is 9.90. The first-order valence-electron chi connectivity index (χ1n) is 4.67. The molecule has 1 atom stereocenters. The van der Waals surface area contributed by atoms with Crippen LogP contribution in [-0.4, -0.2) is 5.11 Å². The van der Waals surface area contributed by atoms with Gasteiger partial charge in [0.2, 0.25) is 0 Å². The van der Waals surface area contributed by atoms with Crippen molar-refractivity contribution in [2.75, 3.05) is 0 Å². The maximum atomic E-state index is 9.90. The average molecular weight is 288 g/mol. The highest BCUT2D eigenvalue weighted by Gasteiger charge is 2.10. The molecule has 0 saturated heterocycles. The average Bonchev–Trinajstić information content (AvgIpc) is 2.22. The summed E-state index contributed by atoms with van der Waals surface area (Å²) in [5.74, 6) is 5.73. The van der Waals surface area contributed by atoms with Gasteiger partial charge in [0, 0.05) is 15.9 Å². The van der Waals surface area contributed by atoms with Crippen LogP contribution in [0.4, 0.5) is 0 Å². The van der Waals surface area contributed by atoms with E-state index >= 15 is 0 Å². The second-order valence-electron chi connectivity index (χ2n) is 3.15.